The van der Waals surface area contributed by atoms with Crippen LogP contribution >= 0.6 is 0 Å². The van der Waals surface area contributed by atoms with Gasteiger partial charge in [0, 0.05) is 0 Å². The van der Waals surface area contributed by atoms with Gasteiger partial charge in [0.15, 0.2) is 18.1 Å². The molecule has 1 aliphatic rings. The van der Waals surface area contributed by atoms with E-state index in [1.807, 2.05) is 24.4 Å². The Morgan fingerprint density at radius 3 is 2.81 bits per heavy atom. The van der Waals surface area contributed by atoms with Crippen LogP contribution in [0.25, 0.3) is 0 Å². The lowest BCUT2D eigenvalue weighted by molar-refractivity contribution is -0.884. The van der Waals surface area contributed by atoms with Gasteiger partial charge in [0.25, 0.3) is 0 Å². The number of nitriles is 1. The van der Waals surface area contributed by atoms with Gasteiger partial charge < -0.3 is 14.4 Å². The summed E-state index contributed by atoms with van der Waals surface area (Å²) in [6, 6.07) is 7.50. The van der Waals surface area contributed by atoms with Crippen LogP contribution in [0, 0.1) is 11.3 Å². The second kappa shape index (κ2) is 7.50. The molecule has 0 bridgehead atoms. The Hall–Kier alpha value is -2.26. The molecule has 1 saturated heterocycles. The number of hydrogen-bond donors (Lipinski definition) is 1. The molecule has 6 heteroatoms. The monoisotopic (exact) mass is 289 g/mol. The summed E-state index contributed by atoms with van der Waals surface area (Å²) >= 11 is 0. The highest BCUT2D eigenvalue weighted by Gasteiger charge is 2.14. The molecule has 0 saturated carbocycles. The summed E-state index contributed by atoms with van der Waals surface area (Å²) in [4.78, 5) is 1.54. The number of ether oxygens (including phenoxy) is 2. The van der Waals surface area contributed by atoms with Crippen LogP contribution in [0.1, 0.15) is 5.56 Å². The minimum atomic E-state index is 0.00737. The molecule has 112 valence electrons. The van der Waals surface area contributed by atoms with Crippen LogP contribution in [-0.2, 0) is 0 Å². The number of hydrogen-bond acceptors (Lipinski definition) is 5. The second-order valence-corrected chi connectivity index (χ2v) is 5.01. The Labute approximate surface area is 125 Å². The SMILES string of the molecule is COc1cc(/C=N\N2CC[NH+](C)CC2)ccc1OCC#N. The van der Waals surface area contributed by atoms with Crippen molar-refractivity contribution in [1.82, 2.24) is 5.01 Å². The van der Waals surface area contributed by atoms with Gasteiger partial charge in [0.1, 0.15) is 6.07 Å². The minimum Gasteiger partial charge on any atom is -0.493 e. The molecule has 1 aromatic rings. The first kappa shape index (κ1) is 15.1. The van der Waals surface area contributed by atoms with Crippen molar-refractivity contribution < 1.29 is 14.4 Å². The number of nitrogens with one attached hydrogen (secondary N) is 1. The van der Waals surface area contributed by atoms with Crippen LogP contribution in [0.3, 0.4) is 0 Å². The fraction of sp³-hybridized carbons (Fsp3) is 0.467. The molecule has 21 heavy (non-hydrogen) atoms. The van der Waals surface area contributed by atoms with E-state index >= 15 is 0 Å². The van der Waals surface area contributed by atoms with Crippen LogP contribution < -0.4 is 14.4 Å². The standard InChI is InChI=1S/C15H20N4O2/c1-18-6-8-19(9-7-18)17-12-13-3-4-14(21-10-5-16)15(11-13)20-2/h3-4,11-12H,6-10H2,1-2H3/p+1/b17-12-. The van der Waals surface area contributed by atoms with Crippen molar-refractivity contribution >= 4 is 6.21 Å². The second-order valence-electron chi connectivity index (χ2n) is 5.01. The van der Waals surface area contributed by atoms with E-state index in [1.165, 1.54) is 0 Å². The van der Waals surface area contributed by atoms with E-state index in [0.29, 0.717) is 11.5 Å². The van der Waals surface area contributed by atoms with Gasteiger partial charge in [-0.15, -0.1) is 0 Å². The summed E-state index contributed by atoms with van der Waals surface area (Å²) in [5.74, 6) is 1.18. The largest absolute Gasteiger partial charge is 0.493 e. The molecule has 1 aliphatic heterocycles. The zero-order chi connectivity index (χ0) is 15.1. The zero-order valence-electron chi connectivity index (χ0n) is 12.5. The van der Waals surface area contributed by atoms with Gasteiger partial charge in [-0.05, 0) is 23.8 Å². The van der Waals surface area contributed by atoms with Gasteiger partial charge in [0.2, 0.25) is 0 Å². The van der Waals surface area contributed by atoms with E-state index in [4.69, 9.17) is 14.7 Å². The van der Waals surface area contributed by atoms with Crippen molar-refractivity contribution in [3.8, 4) is 17.6 Å². The summed E-state index contributed by atoms with van der Waals surface area (Å²) < 4.78 is 10.6. The Morgan fingerprint density at radius 1 is 1.38 bits per heavy atom. The first-order valence-electron chi connectivity index (χ1n) is 7.01. The van der Waals surface area contributed by atoms with E-state index in [-0.39, 0.29) is 6.61 Å². The molecule has 0 aliphatic carbocycles. The number of hydrazone groups is 1. The minimum absolute atomic E-state index is 0.00737. The molecule has 1 heterocycles. The normalized spacial score (nSPS) is 16.0. The van der Waals surface area contributed by atoms with Crippen LogP contribution in [-0.4, -0.2) is 58.2 Å². The number of nitrogens with zero attached hydrogens (tertiary/aromatic N) is 3. The molecular formula is C15H21N4O2+. The number of piperazine rings is 1. The predicted molar refractivity (Wildman–Crippen MR) is 79.9 cm³/mol. The fourth-order valence-corrected chi connectivity index (χ4v) is 2.13. The number of methoxy groups -OCH3 is 1. The summed E-state index contributed by atoms with van der Waals surface area (Å²) in [6.07, 6.45) is 1.83. The predicted octanol–water partition coefficient (Wildman–Crippen LogP) is -0.238. The van der Waals surface area contributed by atoms with Gasteiger partial charge in [-0.25, -0.2) is 0 Å². The van der Waals surface area contributed by atoms with E-state index in [2.05, 4.69) is 17.2 Å². The maximum Gasteiger partial charge on any atom is 0.174 e. The summed E-state index contributed by atoms with van der Waals surface area (Å²) in [5, 5.41) is 15.1. The van der Waals surface area contributed by atoms with E-state index in [9.17, 15) is 0 Å². The van der Waals surface area contributed by atoms with Gasteiger partial charge >= 0.3 is 0 Å². The summed E-state index contributed by atoms with van der Waals surface area (Å²) in [6.45, 7) is 4.18. The van der Waals surface area contributed by atoms with Gasteiger partial charge in [-0.3, -0.25) is 5.01 Å². The Balaban J connectivity index is 2.01. The molecule has 0 spiro atoms. The van der Waals surface area contributed by atoms with E-state index in [0.717, 1.165) is 31.7 Å². The molecule has 6 nitrogen and oxygen atoms in total. The summed E-state index contributed by atoms with van der Waals surface area (Å²) in [7, 11) is 3.78. The van der Waals surface area contributed by atoms with Crippen LogP contribution in [0.5, 0.6) is 11.5 Å². The maximum absolute atomic E-state index is 8.55. The Morgan fingerprint density at radius 2 is 2.14 bits per heavy atom. The first-order valence-corrected chi connectivity index (χ1v) is 7.01. The van der Waals surface area contributed by atoms with E-state index < -0.39 is 0 Å². The quantitative estimate of drug-likeness (QED) is 0.760. The molecule has 0 unspecified atom stereocenters. The molecule has 1 fully saturated rings. The fourth-order valence-electron chi connectivity index (χ4n) is 2.13. The molecule has 0 atom stereocenters. The van der Waals surface area contributed by atoms with Crippen molar-refractivity contribution in [3.05, 3.63) is 23.8 Å². The smallest absolute Gasteiger partial charge is 0.174 e. The number of benzene rings is 1. The molecule has 1 aromatic carbocycles. The van der Waals surface area contributed by atoms with Crippen molar-refractivity contribution in [2.24, 2.45) is 5.10 Å². The van der Waals surface area contributed by atoms with Crippen LogP contribution in [0.2, 0.25) is 0 Å². The van der Waals surface area contributed by atoms with Gasteiger partial charge in [0.05, 0.1) is 46.6 Å². The number of likely N-dealkylation sites (N-methyl/N-ethyl adjacent to an activating group) is 1. The molecular weight excluding hydrogens is 268 g/mol. The van der Waals surface area contributed by atoms with Crippen molar-refractivity contribution in [3.63, 3.8) is 0 Å². The van der Waals surface area contributed by atoms with Gasteiger partial charge in [-0.1, -0.05) is 0 Å². The highest BCUT2D eigenvalue weighted by Crippen LogP contribution is 2.27. The zero-order valence-corrected chi connectivity index (χ0v) is 12.5. The molecule has 0 radical (unpaired) electrons. The van der Waals surface area contributed by atoms with Crippen LogP contribution in [0.15, 0.2) is 23.3 Å². The lowest BCUT2D eigenvalue weighted by Gasteiger charge is -2.27. The Kier molecular flexibility index (Phi) is 5.41. The molecule has 1 N–H and O–H groups in total. The molecule has 2 rings (SSSR count). The average molecular weight is 289 g/mol. The van der Waals surface area contributed by atoms with Gasteiger partial charge in [-0.2, -0.15) is 10.4 Å². The highest BCUT2D eigenvalue weighted by molar-refractivity contribution is 5.80. The van der Waals surface area contributed by atoms with Crippen LogP contribution in [0.4, 0.5) is 0 Å². The topological polar surface area (TPSA) is 62.3 Å². The third-order valence-corrected chi connectivity index (χ3v) is 3.44. The Bertz CT molecular complexity index is 531. The lowest BCUT2D eigenvalue weighted by Crippen LogP contribution is -3.11. The first-order chi connectivity index (χ1) is 10.2. The third-order valence-electron chi connectivity index (χ3n) is 3.44. The number of rotatable bonds is 5. The van der Waals surface area contributed by atoms with Crippen molar-refractivity contribution in [2.75, 3.05) is 46.9 Å². The van der Waals surface area contributed by atoms with Crippen molar-refractivity contribution in [1.29, 1.82) is 5.26 Å². The van der Waals surface area contributed by atoms with E-state index in [1.54, 1.807) is 18.1 Å². The maximum atomic E-state index is 8.55. The molecule has 0 amide bonds. The third kappa shape index (κ3) is 4.36. The average Bonchev–Trinajstić information content (AvgIpc) is 2.52. The highest BCUT2D eigenvalue weighted by atomic mass is 16.5. The molecule has 0 aromatic heterocycles. The van der Waals surface area contributed by atoms with Crippen molar-refractivity contribution in [2.45, 2.75) is 0 Å². The number of quaternary nitrogens is 1. The summed E-state index contributed by atoms with van der Waals surface area (Å²) in [5.41, 5.74) is 0.947. The lowest BCUT2D eigenvalue weighted by atomic mass is 10.2.